The van der Waals surface area contributed by atoms with Crippen molar-refractivity contribution >= 4 is 27.5 Å². The maximum absolute atomic E-state index is 13.7. The van der Waals surface area contributed by atoms with Crippen molar-refractivity contribution in [2.45, 2.75) is 6.42 Å². The van der Waals surface area contributed by atoms with Crippen LogP contribution in [0.4, 0.5) is 10.1 Å². The molecule has 2 aromatic carbocycles. The number of carbonyl (C=O) groups is 1. The summed E-state index contributed by atoms with van der Waals surface area (Å²) in [5.41, 5.74) is 0.798. The summed E-state index contributed by atoms with van der Waals surface area (Å²) in [6.07, 6.45) is 0.0515. The Morgan fingerprint density at radius 1 is 1.18 bits per heavy atom. The van der Waals surface area contributed by atoms with Crippen molar-refractivity contribution in [2.75, 3.05) is 19.5 Å². The minimum absolute atomic E-state index is 0.0515. The zero-order chi connectivity index (χ0) is 16.1. The fourth-order valence-electron chi connectivity index (χ4n) is 1.98. The van der Waals surface area contributed by atoms with E-state index < -0.39 is 5.82 Å². The summed E-state index contributed by atoms with van der Waals surface area (Å²) in [5.74, 6) is 0.360. The molecule has 0 unspecified atom stereocenters. The van der Waals surface area contributed by atoms with Gasteiger partial charge >= 0.3 is 0 Å². The molecule has 22 heavy (non-hydrogen) atoms. The molecule has 1 N–H and O–H groups in total. The Balaban J connectivity index is 2.14. The van der Waals surface area contributed by atoms with Crippen molar-refractivity contribution in [1.29, 1.82) is 0 Å². The highest BCUT2D eigenvalue weighted by atomic mass is 79.9. The topological polar surface area (TPSA) is 47.6 Å². The highest BCUT2D eigenvalue weighted by Crippen LogP contribution is 2.25. The normalized spacial score (nSPS) is 10.2. The second-order valence-electron chi connectivity index (χ2n) is 4.53. The second-order valence-corrected chi connectivity index (χ2v) is 5.44. The van der Waals surface area contributed by atoms with Crippen LogP contribution in [0.5, 0.6) is 11.5 Å². The molecular weight excluding hydrogens is 353 g/mol. The zero-order valence-corrected chi connectivity index (χ0v) is 13.7. The summed E-state index contributed by atoms with van der Waals surface area (Å²) < 4.78 is 24.7. The summed E-state index contributed by atoms with van der Waals surface area (Å²) >= 11 is 3.17. The molecule has 0 heterocycles. The van der Waals surface area contributed by atoms with Gasteiger partial charge in [-0.15, -0.1) is 0 Å². The molecule has 116 valence electrons. The summed E-state index contributed by atoms with van der Waals surface area (Å²) in [5, 5.41) is 2.54. The highest BCUT2D eigenvalue weighted by Gasteiger charge is 2.12. The van der Waals surface area contributed by atoms with Gasteiger partial charge in [0.15, 0.2) is 0 Å². The predicted octanol–water partition coefficient (Wildman–Crippen LogP) is 3.79. The van der Waals surface area contributed by atoms with Crippen LogP contribution >= 0.6 is 15.9 Å². The van der Waals surface area contributed by atoms with Gasteiger partial charge in [-0.2, -0.15) is 0 Å². The minimum Gasteiger partial charge on any atom is -0.497 e. The maximum atomic E-state index is 13.7. The zero-order valence-electron chi connectivity index (χ0n) is 12.2. The average molecular weight is 368 g/mol. The Labute approximate surface area is 136 Å². The van der Waals surface area contributed by atoms with Crippen molar-refractivity contribution in [2.24, 2.45) is 0 Å². The molecule has 0 saturated carbocycles. The number of carbonyl (C=O) groups excluding carboxylic acids is 1. The van der Waals surface area contributed by atoms with Crippen LogP contribution in [0, 0.1) is 5.82 Å². The predicted molar refractivity (Wildman–Crippen MR) is 86.0 cm³/mol. The van der Waals surface area contributed by atoms with Crippen LogP contribution in [0.3, 0.4) is 0 Å². The summed E-state index contributed by atoms with van der Waals surface area (Å²) in [4.78, 5) is 12.1. The van der Waals surface area contributed by atoms with Crippen LogP contribution in [0.2, 0.25) is 0 Å². The van der Waals surface area contributed by atoms with Crippen LogP contribution in [-0.4, -0.2) is 20.1 Å². The lowest BCUT2D eigenvalue weighted by Gasteiger charge is -2.11. The molecule has 2 aromatic rings. The standard InChI is InChI=1S/C16H15BrFNO3/c1-21-12-4-6-15(22-2)10(7-12)8-16(20)19-14-5-3-11(17)9-13(14)18/h3-7,9H,8H2,1-2H3,(H,19,20). The summed E-state index contributed by atoms with van der Waals surface area (Å²) in [6, 6.07) is 9.64. The molecule has 0 bridgehead atoms. The first kappa shape index (κ1) is 16.3. The van der Waals surface area contributed by atoms with Gasteiger partial charge in [-0.1, -0.05) is 15.9 Å². The van der Waals surface area contributed by atoms with Gasteiger partial charge in [-0.3, -0.25) is 4.79 Å². The number of nitrogens with one attached hydrogen (secondary N) is 1. The van der Waals surface area contributed by atoms with Crippen molar-refractivity contribution in [3.05, 3.63) is 52.3 Å². The first-order chi connectivity index (χ1) is 10.5. The van der Waals surface area contributed by atoms with Crippen LogP contribution in [0.25, 0.3) is 0 Å². The lowest BCUT2D eigenvalue weighted by atomic mass is 10.1. The van der Waals surface area contributed by atoms with Gasteiger partial charge in [-0.25, -0.2) is 4.39 Å². The monoisotopic (exact) mass is 367 g/mol. The first-order valence-corrected chi connectivity index (χ1v) is 7.28. The fourth-order valence-corrected chi connectivity index (χ4v) is 2.31. The van der Waals surface area contributed by atoms with Crippen LogP contribution in [-0.2, 0) is 11.2 Å². The van der Waals surface area contributed by atoms with E-state index in [1.54, 1.807) is 31.4 Å². The number of hydrogen-bond acceptors (Lipinski definition) is 3. The largest absolute Gasteiger partial charge is 0.497 e. The minimum atomic E-state index is -0.500. The molecule has 0 aromatic heterocycles. The van der Waals surface area contributed by atoms with Crippen molar-refractivity contribution in [3.8, 4) is 11.5 Å². The van der Waals surface area contributed by atoms with Crippen molar-refractivity contribution < 1.29 is 18.7 Å². The number of halogens is 2. The van der Waals surface area contributed by atoms with Gasteiger partial charge < -0.3 is 14.8 Å². The third kappa shape index (κ3) is 3.98. The smallest absolute Gasteiger partial charge is 0.229 e. The van der Waals surface area contributed by atoms with E-state index in [0.29, 0.717) is 21.5 Å². The molecule has 6 heteroatoms. The molecular formula is C16H15BrFNO3. The molecule has 1 amide bonds. The third-order valence-corrected chi connectivity index (χ3v) is 3.54. The molecule has 2 rings (SSSR count). The van der Waals surface area contributed by atoms with Crippen LogP contribution in [0.15, 0.2) is 40.9 Å². The summed E-state index contributed by atoms with van der Waals surface area (Å²) in [6.45, 7) is 0. The van der Waals surface area contributed by atoms with Crippen molar-refractivity contribution in [1.82, 2.24) is 0 Å². The quantitative estimate of drug-likeness (QED) is 0.874. The highest BCUT2D eigenvalue weighted by molar-refractivity contribution is 9.10. The van der Waals surface area contributed by atoms with Crippen molar-refractivity contribution in [3.63, 3.8) is 0 Å². The average Bonchev–Trinajstić information content (AvgIpc) is 2.50. The Bertz CT molecular complexity index is 691. The molecule has 0 atom stereocenters. The van der Waals surface area contributed by atoms with Gasteiger partial charge in [0.25, 0.3) is 0 Å². The number of ether oxygens (including phenoxy) is 2. The van der Waals surface area contributed by atoms with E-state index in [0.717, 1.165) is 0 Å². The number of amides is 1. The van der Waals surface area contributed by atoms with Gasteiger partial charge in [0.1, 0.15) is 17.3 Å². The molecule has 0 radical (unpaired) electrons. The maximum Gasteiger partial charge on any atom is 0.229 e. The van der Waals surface area contributed by atoms with E-state index in [2.05, 4.69) is 21.2 Å². The Morgan fingerprint density at radius 2 is 1.95 bits per heavy atom. The van der Waals surface area contributed by atoms with Crippen LogP contribution < -0.4 is 14.8 Å². The molecule has 4 nitrogen and oxygen atoms in total. The number of anilines is 1. The van der Waals surface area contributed by atoms with E-state index in [-0.39, 0.29) is 18.0 Å². The Kier molecular flexibility index (Phi) is 5.38. The van der Waals surface area contributed by atoms with Crippen LogP contribution in [0.1, 0.15) is 5.56 Å². The van der Waals surface area contributed by atoms with E-state index in [4.69, 9.17) is 9.47 Å². The van der Waals surface area contributed by atoms with E-state index in [1.807, 2.05) is 0 Å². The van der Waals surface area contributed by atoms with E-state index in [1.165, 1.54) is 19.2 Å². The Morgan fingerprint density at radius 3 is 2.59 bits per heavy atom. The molecule has 0 aliphatic heterocycles. The summed E-state index contributed by atoms with van der Waals surface area (Å²) in [7, 11) is 3.07. The fraction of sp³-hybridized carbons (Fsp3) is 0.188. The lowest BCUT2D eigenvalue weighted by Crippen LogP contribution is -2.16. The molecule has 0 aliphatic rings. The number of benzene rings is 2. The van der Waals surface area contributed by atoms with Gasteiger partial charge in [0, 0.05) is 10.0 Å². The SMILES string of the molecule is COc1ccc(OC)c(CC(=O)Nc2ccc(Br)cc2F)c1. The molecule has 0 aliphatic carbocycles. The number of methoxy groups -OCH3 is 2. The molecule has 0 spiro atoms. The van der Waals surface area contributed by atoms with E-state index in [9.17, 15) is 9.18 Å². The third-order valence-electron chi connectivity index (χ3n) is 3.04. The second kappa shape index (κ2) is 7.26. The number of hydrogen-bond donors (Lipinski definition) is 1. The van der Waals surface area contributed by atoms with E-state index >= 15 is 0 Å². The number of rotatable bonds is 5. The van der Waals surface area contributed by atoms with Gasteiger partial charge in [0.05, 0.1) is 26.3 Å². The first-order valence-electron chi connectivity index (χ1n) is 6.49. The van der Waals surface area contributed by atoms with Gasteiger partial charge in [0.2, 0.25) is 5.91 Å². The molecule has 0 saturated heterocycles. The Hall–Kier alpha value is -2.08. The molecule has 0 fully saturated rings. The van der Waals surface area contributed by atoms with Gasteiger partial charge in [-0.05, 0) is 36.4 Å². The lowest BCUT2D eigenvalue weighted by molar-refractivity contribution is -0.115.